The molecular formula is C14H40Cl2MnO5. The van der Waals surface area contributed by atoms with E-state index in [2.05, 4.69) is 13.8 Å². The Hall–Kier alpha value is 0.739. The third kappa shape index (κ3) is 58.6. The van der Waals surface area contributed by atoms with Crippen LogP contribution >= 0.6 is 24.8 Å². The molecule has 5 nitrogen and oxygen atoms in total. The molecule has 0 aromatic carbocycles. The van der Waals surface area contributed by atoms with Crippen LogP contribution in [0.15, 0.2) is 0 Å². The predicted octanol–water partition coefficient (Wildman–Crippen LogP) is 3.13. The fourth-order valence-electron chi connectivity index (χ4n) is 1.91. The van der Waals surface area contributed by atoms with Crippen LogP contribution in [0, 0.1) is 0 Å². The van der Waals surface area contributed by atoms with Gasteiger partial charge in [0.25, 0.3) is 0 Å². The molecular weight excluding hydrogens is 374 g/mol. The summed E-state index contributed by atoms with van der Waals surface area (Å²) in [4.78, 5) is 0. The average molecular weight is 414 g/mol. The fourth-order valence-corrected chi connectivity index (χ4v) is 1.91. The molecule has 0 heterocycles. The second-order valence-corrected chi connectivity index (χ2v) is 4.54. The molecule has 0 aliphatic carbocycles. The first-order chi connectivity index (χ1) is 7.91. The van der Waals surface area contributed by atoms with Crippen LogP contribution in [-0.2, 0) is 19.8 Å². The molecule has 0 atom stereocenters. The van der Waals surface area contributed by atoms with Gasteiger partial charge in [0.15, 0.2) is 0 Å². The minimum absolute atomic E-state index is 0. The van der Waals surface area contributed by atoms with Crippen LogP contribution in [0.3, 0.4) is 0 Å². The van der Waals surface area contributed by atoms with Crippen molar-refractivity contribution in [3.8, 4) is 0 Å². The van der Waals surface area contributed by atoms with Gasteiger partial charge in [-0.1, -0.05) is 90.9 Å². The van der Waals surface area contributed by atoms with E-state index in [-0.39, 0.29) is 46.7 Å². The molecule has 8 heteroatoms. The number of halogens is 2. The van der Waals surface area contributed by atoms with Crippen molar-refractivity contribution in [3.05, 3.63) is 0 Å². The van der Waals surface area contributed by atoms with E-state index in [0.717, 1.165) is 0 Å². The molecule has 0 amide bonds. The van der Waals surface area contributed by atoms with Gasteiger partial charge >= 0.3 is 19.8 Å². The number of rotatable bonds is 11. The molecule has 0 rings (SSSR count). The van der Waals surface area contributed by atoms with Crippen molar-refractivity contribution in [2.45, 2.75) is 90.9 Å². The van der Waals surface area contributed by atoms with Gasteiger partial charge in [-0.15, -0.1) is 24.8 Å². The number of unbranched alkanes of at least 4 members (excludes halogenated alkanes) is 11. The van der Waals surface area contributed by atoms with Gasteiger partial charge in [0.05, 0.1) is 0 Å². The molecule has 22 heavy (non-hydrogen) atoms. The van der Waals surface area contributed by atoms with E-state index in [1.165, 1.54) is 77.0 Å². The van der Waals surface area contributed by atoms with Crippen LogP contribution < -0.4 is 0 Å². The van der Waals surface area contributed by atoms with E-state index >= 15 is 0 Å². The Morgan fingerprint density at radius 1 is 0.455 bits per heavy atom. The Balaban J connectivity index is -0.0000000391. The van der Waals surface area contributed by atoms with E-state index in [4.69, 9.17) is 3.83 Å². The summed E-state index contributed by atoms with van der Waals surface area (Å²) in [5.41, 5.74) is 0. The summed E-state index contributed by atoms with van der Waals surface area (Å²) in [5.74, 6) is 0. The predicted molar refractivity (Wildman–Crippen MR) is 96.4 cm³/mol. The monoisotopic (exact) mass is 413 g/mol. The first kappa shape index (κ1) is 49.5. The molecule has 0 aliphatic heterocycles. The number of hydrogen-bond acceptors (Lipinski definition) is 1. The zero-order valence-corrected chi connectivity index (χ0v) is 16.9. The third-order valence-corrected chi connectivity index (χ3v) is 2.96. The van der Waals surface area contributed by atoms with Crippen LogP contribution in [0.1, 0.15) is 90.9 Å². The van der Waals surface area contributed by atoms with Gasteiger partial charge in [0.2, 0.25) is 0 Å². The summed E-state index contributed by atoms with van der Waals surface area (Å²) < 4.78 is 8.06. The van der Waals surface area contributed by atoms with Crippen LogP contribution in [0.4, 0.5) is 0 Å². The first-order valence-electron chi connectivity index (χ1n) is 7.07. The van der Waals surface area contributed by atoms with Gasteiger partial charge in [-0.25, -0.2) is 0 Å². The molecule has 0 bridgehead atoms. The SMILES string of the molecule is CCCCCCCCCCCCCC.Cl.Cl.O.O.O.O.[O]=[Mn]. The summed E-state index contributed by atoms with van der Waals surface area (Å²) in [6.07, 6.45) is 17.4. The van der Waals surface area contributed by atoms with Crippen molar-refractivity contribution in [3.63, 3.8) is 0 Å². The molecule has 0 aromatic rings. The van der Waals surface area contributed by atoms with Crippen LogP contribution in [0.5, 0.6) is 0 Å². The molecule has 0 unspecified atom stereocenters. The summed E-state index contributed by atoms with van der Waals surface area (Å²) >= 11 is 1.69. The van der Waals surface area contributed by atoms with Gasteiger partial charge in [-0.05, 0) is 0 Å². The van der Waals surface area contributed by atoms with Crippen molar-refractivity contribution in [1.29, 1.82) is 0 Å². The Morgan fingerprint density at radius 2 is 0.591 bits per heavy atom. The van der Waals surface area contributed by atoms with Crippen molar-refractivity contribution < 1.29 is 41.7 Å². The minimum atomic E-state index is 0. The second kappa shape index (κ2) is 57.6. The molecule has 0 saturated heterocycles. The van der Waals surface area contributed by atoms with E-state index in [1.54, 1.807) is 15.9 Å². The third-order valence-electron chi connectivity index (χ3n) is 2.96. The molecule has 0 aromatic heterocycles. The quantitative estimate of drug-likeness (QED) is 0.371. The van der Waals surface area contributed by atoms with Crippen LogP contribution in [-0.4, -0.2) is 21.9 Å². The standard InChI is InChI=1S/C14H30.2ClH.Mn.4H2O.O/c1-3-5-7-9-11-13-14-12-10-8-6-4-2;;;;;;;;/h3-14H2,1-2H3;2*1H;;4*1H2;. The van der Waals surface area contributed by atoms with Crippen molar-refractivity contribution >= 4 is 24.8 Å². The van der Waals surface area contributed by atoms with Crippen molar-refractivity contribution in [1.82, 2.24) is 0 Å². The number of hydrogen-bond donors (Lipinski definition) is 0. The molecule has 0 fully saturated rings. The maximum absolute atomic E-state index is 8.06. The maximum atomic E-state index is 8.06. The van der Waals surface area contributed by atoms with E-state index < -0.39 is 0 Å². The molecule has 147 valence electrons. The fraction of sp³-hybridized carbons (Fsp3) is 1.00. The first-order valence-corrected chi connectivity index (χ1v) is 7.55. The van der Waals surface area contributed by atoms with Crippen LogP contribution in [0.2, 0.25) is 0 Å². The summed E-state index contributed by atoms with van der Waals surface area (Å²) in [6, 6.07) is 0. The topological polar surface area (TPSA) is 143 Å². The Bertz CT molecular complexity index is 115. The zero-order valence-electron chi connectivity index (χ0n) is 14.1. The Kier molecular flexibility index (Phi) is 130. The van der Waals surface area contributed by atoms with Crippen molar-refractivity contribution in [2.24, 2.45) is 0 Å². The van der Waals surface area contributed by atoms with Gasteiger partial charge in [-0.2, -0.15) is 0 Å². The summed E-state index contributed by atoms with van der Waals surface area (Å²) in [7, 11) is 0. The van der Waals surface area contributed by atoms with E-state index in [0.29, 0.717) is 0 Å². The van der Waals surface area contributed by atoms with E-state index in [9.17, 15) is 0 Å². The van der Waals surface area contributed by atoms with Gasteiger partial charge < -0.3 is 21.9 Å². The normalized spacial score (nSPS) is 7.00. The molecule has 0 spiro atoms. The van der Waals surface area contributed by atoms with Gasteiger partial charge in [0, 0.05) is 0 Å². The average Bonchev–Trinajstić information content (AvgIpc) is 2.34. The summed E-state index contributed by atoms with van der Waals surface area (Å²) in [5, 5.41) is 0. The molecule has 0 aliphatic rings. The van der Waals surface area contributed by atoms with Crippen molar-refractivity contribution in [2.75, 3.05) is 0 Å². The van der Waals surface area contributed by atoms with Gasteiger partial charge in [-0.3, -0.25) is 0 Å². The van der Waals surface area contributed by atoms with Crippen LogP contribution in [0.25, 0.3) is 0 Å². The molecule has 0 saturated carbocycles. The van der Waals surface area contributed by atoms with Gasteiger partial charge in [0.1, 0.15) is 0 Å². The second-order valence-electron chi connectivity index (χ2n) is 4.54. The Labute approximate surface area is 157 Å². The zero-order chi connectivity index (χ0) is 12.5. The molecule has 8 N–H and O–H groups in total. The van der Waals surface area contributed by atoms with E-state index in [1.807, 2.05) is 0 Å². The summed E-state index contributed by atoms with van der Waals surface area (Å²) in [6.45, 7) is 4.57. The molecule has 0 radical (unpaired) electrons. The Morgan fingerprint density at radius 3 is 0.727 bits per heavy atom.